The highest BCUT2D eigenvalue weighted by Crippen LogP contribution is 2.20. The van der Waals surface area contributed by atoms with E-state index in [0.717, 1.165) is 5.69 Å². The molecule has 3 aromatic rings. The lowest BCUT2D eigenvalue weighted by Crippen LogP contribution is -2.07. The fraction of sp³-hybridized carbons (Fsp3) is 0.167. The molecule has 120 valence electrons. The fourth-order valence-corrected chi connectivity index (χ4v) is 2.38. The number of nitrogens with zero attached hydrogens (tertiary/aromatic N) is 4. The fourth-order valence-electron chi connectivity index (χ4n) is 2.38. The van der Waals surface area contributed by atoms with Gasteiger partial charge in [0, 0.05) is 0 Å². The van der Waals surface area contributed by atoms with Crippen LogP contribution in [-0.4, -0.2) is 19.9 Å². The highest BCUT2D eigenvalue weighted by atomic mass is 16.5. The van der Waals surface area contributed by atoms with Gasteiger partial charge in [-0.2, -0.15) is 10.4 Å². The van der Waals surface area contributed by atoms with E-state index in [4.69, 9.17) is 9.84 Å². The molecule has 2 aromatic heterocycles. The highest BCUT2D eigenvalue weighted by molar-refractivity contribution is 5.43. The Morgan fingerprint density at radius 1 is 1.21 bits per heavy atom. The maximum absolute atomic E-state index is 9.43. The van der Waals surface area contributed by atoms with E-state index < -0.39 is 0 Å². The molecule has 0 aliphatic heterocycles. The summed E-state index contributed by atoms with van der Waals surface area (Å²) in [5.74, 6) is 0.564. The number of para-hydroxylation sites is 1. The van der Waals surface area contributed by atoms with Crippen LogP contribution in [0.5, 0.6) is 5.75 Å². The molecule has 0 amide bonds. The van der Waals surface area contributed by atoms with E-state index in [1.165, 1.54) is 0 Å². The minimum atomic E-state index is -0.112. The summed E-state index contributed by atoms with van der Waals surface area (Å²) in [6.45, 7) is 1.89. The molecular weight excluding hydrogens is 304 g/mol. The van der Waals surface area contributed by atoms with Gasteiger partial charge in [0.05, 0.1) is 35.6 Å². The zero-order valence-electron chi connectivity index (χ0n) is 13.2. The van der Waals surface area contributed by atoms with E-state index in [2.05, 4.69) is 16.2 Å². The quantitative estimate of drug-likeness (QED) is 0.781. The topological polar surface area (TPSA) is 84.0 Å². The number of hydrogen-bond acceptors (Lipinski definition) is 5. The predicted octanol–water partition coefficient (Wildman–Crippen LogP) is 2.52. The highest BCUT2D eigenvalue weighted by Gasteiger charge is 2.17. The molecule has 0 saturated carbocycles. The number of aliphatic hydroxyl groups is 1. The van der Waals surface area contributed by atoms with Crippen molar-refractivity contribution in [2.24, 2.45) is 0 Å². The second kappa shape index (κ2) is 6.94. The molecule has 1 aromatic carbocycles. The first-order valence-corrected chi connectivity index (χ1v) is 7.45. The Bertz CT molecular complexity index is 865. The van der Waals surface area contributed by atoms with E-state index in [9.17, 15) is 5.26 Å². The number of hydrogen-bond donors (Lipinski definition) is 1. The molecule has 1 N–H and O–H groups in total. The van der Waals surface area contributed by atoms with Crippen molar-refractivity contribution in [1.82, 2.24) is 14.8 Å². The van der Waals surface area contributed by atoms with Gasteiger partial charge in [0.1, 0.15) is 24.0 Å². The predicted molar refractivity (Wildman–Crippen MR) is 87.5 cm³/mol. The number of ether oxygens (including phenoxy) is 1. The SMILES string of the molecule is Cc1nn(-c2ccccc2)c(COc2ccc(CO)nc2)c1C#N. The van der Waals surface area contributed by atoms with Gasteiger partial charge in [-0.1, -0.05) is 18.2 Å². The van der Waals surface area contributed by atoms with Gasteiger partial charge in [0.25, 0.3) is 0 Å². The number of aliphatic hydroxyl groups excluding tert-OH is 1. The van der Waals surface area contributed by atoms with Crippen LogP contribution in [0.1, 0.15) is 22.6 Å². The Hall–Kier alpha value is -3.17. The van der Waals surface area contributed by atoms with Crippen LogP contribution < -0.4 is 4.74 Å². The van der Waals surface area contributed by atoms with Gasteiger partial charge in [-0.05, 0) is 31.2 Å². The number of pyridine rings is 1. The summed E-state index contributed by atoms with van der Waals surface area (Å²) < 4.78 is 7.48. The zero-order valence-corrected chi connectivity index (χ0v) is 13.2. The molecule has 0 unspecified atom stereocenters. The lowest BCUT2D eigenvalue weighted by molar-refractivity contribution is 0.274. The van der Waals surface area contributed by atoms with Crippen LogP contribution in [0.4, 0.5) is 0 Å². The molecule has 3 rings (SSSR count). The molecule has 0 fully saturated rings. The van der Waals surface area contributed by atoms with Gasteiger partial charge in [0.15, 0.2) is 0 Å². The molecule has 0 aliphatic rings. The average molecular weight is 320 g/mol. The van der Waals surface area contributed by atoms with Crippen LogP contribution in [0.3, 0.4) is 0 Å². The smallest absolute Gasteiger partial charge is 0.138 e. The molecule has 0 atom stereocenters. The lowest BCUT2D eigenvalue weighted by atomic mass is 10.2. The molecule has 0 spiro atoms. The van der Waals surface area contributed by atoms with Crippen LogP contribution in [0, 0.1) is 18.3 Å². The van der Waals surface area contributed by atoms with Crippen LogP contribution >= 0.6 is 0 Å². The standard InChI is InChI=1S/C18H16N4O2/c1-13-17(9-19)18(22(21-13)15-5-3-2-4-6-15)12-24-16-8-7-14(11-23)20-10-16/h2-8,10,23H,11-12H2,1H3. The molecule has 24 heavy (non-hydrogen) atoms. The average Bonchev–Trinajstić information content (AvgIpc) is 2.96. The van der Waals surface area contributed by atoms with Crippen molar-refractivity contribution in [3.63, 3.8) is 0 Å². The van der Waals surface area contributed by atoms with E-state index in [-0.39, 0.29) is 13.2 Å². The van der Waals surface area contributed by atoms with Crippen molar-refractivity contribution >= 4 is 0 Å². The van der Waals surface area contributed by atoms with Crippen molar-refractivity contribution in [3.8, 4) is 17.5 Å². The van der Waals surface area contributed by atoms with Crippen LogP contribution in [-0.2, 0) is 13.2 Å². The third kappa shape index (κ3) is 3.12. The molecule has 0 aliphatic carbocycles. The van der Waals surface area contributed by atoms with Crippen molar-refractivity contribution in [2.75, 3.05) is 0 Å². The molecule has 0 bridgehead atoms. The summed E-state index contributed by atoms with van der Waals surface area (Å²) in [4.78, 5) is 4.08. The molecular formula is C18H16N4O2. The van der Waals surface area contributed by atoms with Crippen molar-refractivity contribution in [3.05, 3.63) is 71.3 Å². The number of nitriles is 1. The molecule has 2 heterocycles. The minimum absolute atomic E-state index is 0.112. The van der Waals surface area contributed by atoms with E-state index >= 15 is 0 Å². The Morgan fingerprint density at radius 2 is 2.00 bits per heavy atom. The van der Waals surface area contributed by atoms with Gasteiger partial charge < -0.3 is 9.84 Å². The Labute approximate surface area is 139 Å². The van der Waals surface area contributed by atoms with Gasteiger partial charge in [-0.3, -0.25) is 4.98 Å². The minimum Gasteiger partial charge on any atom is -0.486 e. The number of rotatable bonds is 5. The number of aryl methyl sites for hydroxylation is 1. The van der Waals surface area contributed by atoms with E-state index in [0.29, 0.717) is 28.4 Å². The summed E-state index contributed by atoms with van der Waals surface area (Å²) in [7, 11) is 0. The van der Waals surface area contributed by atoms with Crippen LogP contribution in [0.15, 0.2) is 48.7 Å². The number of benzene rings is 1. The molecule has 0 radical (unpaired) electrons. The first-order chi connectivity index (χ1) is 11.7. The van der Waals surface area contributed by atoms with Gasteiger partial charge >= 0.3 is 0 Å². The normalized spacial score (nSPS) is 10.4. The molecule has 6 heteroatoms. The third-order valence-corrected chi connectivity index (χ3v) is 3.60. The first-order valence-electron chi connectivity index (χ1n) is 7.45. The largest absolute Gasteiger partial charge is 0.486 e. The monoisotopic (exact) mass is 320 g/mol. The lowest BCUT2D eigenvalue weighted by Gasteiger charge is -2.10. The Morgan fingerprint density at radius 3 is 2.62 bits per heavy atom. The second-order valence-electron chi connectivity index (χ2n) is 5.20. The van der Waals surface area contributed by atoms with Gasteiger partial charge in [0.2, 0.25) is 0 Å². The van der Waals surface area contributed by atoms with Gasteiger partial charge in [-0.25, -0.2) is 4.68 Å². The maximum atomic E-state index is 9.43. The summed E-state index contributed by atoms with van der Waals surface area (Å²) >= 11 is 0. The summed E-state index contributed by atoms with van der Waals surface area (Å²) in [5, 5.41) is 22.9. The molecule has 0 saturated heterocycles. The van der Waals surface area contributed by atoms with Crippen molar-refractivity contribution in [1.29, 1.82) is 5.26 Å². The molecule has 6 nitrogen and oxygen atoms in total. The van der Waals surface area contributed by atoms with Crippen molar-refractivity contribution < 1.29 is 9.84 Å². The van der Waals surface area contributed by atoms with Gasteiger partial charge in [-0.15, -0.1) is 0 Å². The first kappa shape index (κ1) is 15.7. The van der Waals surface area contributed by atoms with Crippen molar-refractivity contribution in [2.45, 2.75) is 20.1 Å². The second-order valence-corrected chi connectivity index (χ2v) is 5.20. The Kier molecular flexibility index (Phi) is 4.54. The van der Waals surface area contributed by atoms with E-state index in [1.54, 1.807) is 29.9 Å². The maximum Gasteiger partial charge on any atom is 0.138 e. The summed E-state index contributed by atoms with van der Waals surface area (Å²) in [6, 6.07) is 15.2. The van der Waals surface area contributed by atoms with Crippen LogP contribution in [0.25, 0.3) is 5.69 Å². The summed E-state index contributed by atoms with van der Waals surface area (Å²) in [6.07, 6.45) is 1.55. The number of aromatic nitrogens is 3. The third-order valence-electron chi connectivity index (χ3n) is 3.60. The summed E-state index contributed by atoms with van der Waals surface area (Å²) in [5.41, 5.74) is 3.31. The zero-order chi connectivity index (χ0) is 16.9. The van der Waals surface area contributed by atoms with Crippen LogP contribution in [0.2, 0.25) is 0 Å². The van der Waals surface area contributed by atoms with E-state index in [1.807, 2.05) is 30.3 Å². The Balaban J connectivity index is 1.90.